The quantitative estimate of drug-likeness (QED) is 0.587. The molecule has 0 saturated carbocycles. The zero-order valence-corrected chi connectivity index (χ0v) is 9.04. The van der Waals surface area contributed by atoms with Gasteiger partial charge in [-0.15, -0.1) is 0 Å². The Balaban J connectivity index is 4.11. The Morgan fingerprint density at radius 3 is 2.38 bits per heavy atom. The lowest BCUT2D eigenvalue weighted by Gasteiger charge is -2.10. The smallest absolute Gasteiger partial charge is 0.235 e. The molecule has 0 aromatic rings. The predicted octanol–water partition coefficient (Wildman–Crippen LogP) is -1.18. The van der Waals surface area contributed by atoms with Gasteiger partial charge in [-0.1, -0.05) is 12.2 Å². The molecule has 0 spiro atoms. The average Bonchev–Trinajstić information content (AvgIpc) is 1.81. The van der Waals surface area contributed by atoms with Gasteiger partial charge in [0.25, 0.3) is 0 Å². The van der Waals surface area contributed by atoms with Gasteiger partial charge in [0, 0.05) is 6.26 Å². The van der Waals surface area contributed by atoms with Crippen molar-refractivity contribution >= 4 is 33.0 Å². The van der Waals surface area contributed by atoms with Crippen LogP contribution in [0.3, 0.4) is 0 Å². The predicted molar refractivity (Wildman–Crippen MR) is 54.1 cm³/mol. The van der Waals surface area contributed by atoms with E-state index in [2.05, 4.69) is 17.5 Å². The Kier molecular flexibility index (Phi) is 4.28. The van der Waals surface area contributed by atoms with E-state index < -0.39 is 27.5 Å². The van der Waals surface area contributed by atoms with Crippen LogP contribution in [0.25, 0.3) is 0 Å². The van der Waals surface area contributed by atoms with Crippen LogP contribution < -0.4 is 11.1 Å². The Morgan fingerprint density at radius 2 is 2.08 bits per heavy atom. The van der Waals surface area contributed by atoms with Crippen molar-refractivity contribution in [3.05, 3.63) is 0 Å². The van der Waals surface area contributed by atoms with Gasteiger partial charge in [0.05, 0.1) is 11.0 Å². The standard InChI is InChI=1S/C6H12N2O3S2/c1-4(6(7)12)8-5(9)3-13(2,10)11/h4H,3H2,1-2H3,(H2,7,12)(H,8,9). The number of rotatable bonds is 4. The summed E-state index contributed by atoms with van der Waals surface area (Å²) < 4.78 is 21.3. The van der Waals surface area contributed by atoms with Crippen LogP contribution in [0, 0.1) is 0 Å². The summed E-state index contributed by atoms with van der Waals surface area (Å²) in [5, 5.41) is 2.35. The Labute approximate surface area is 82.6 Å². The average molecular weight is 224 g/mol. The van der Waals surface area contributed by atoms with Crippen LogP contribution in [-0.2, 0) is 14.6 Å². The van der Waals surface area contributed by atoms with Crippen LogP contribution in [0.1, 0.15) is 6.92 Å². The molecule has 76 valence electrons. The van der Waals surface area contributed by atoms with Crippen LogP contribution >= 0.6 is 12.2 Å². The number of nitrogens with two attached hydrogens (primary N) is 1. The molecule has 0 bridgehead atoms. The molecule has 13 heavy (non-hydrogen) atoms. The van der Waals surface area contributed by atoms with Crippen molar-refractivity contribution in [2.75, 3.05) is 12.0 Å². The summed E-state index contributed by atoms with van der Waals surface area (Å²) in [7, 11) is -3.29. The SMILES string of the molecule is CC(NC(=O)CS(C)(=O)=O)C(N)=S. The van der Waals surface area contributed by atoms with Gasteiger partial charge in [0.1, 0.15) is 5.75 Å². The molecule has 0 aliphatic carbocycles. The minimum atomic E-state index is -3.29. The number of amides is 1. The first-order valence-corrected chi connectivity index (χ1v) is 5.95. The summed E-state index contributed by atoms with van der Waals surface area (Å²) in [6, 6.07) is -0.482. The topological polar surface area (TPSA) is 89.3 Å². The fourth-order valence-electron chi connectivity index (χ4n) is 0.592. The Bertz CT molecular complexity index is 310. The summed E-state index contributed by atoms with van der Waals surface area (Å²) >= 11 is 4.59. The first-order chi connectivity index (χ1) is 5.72. The highest BCUT2D eigenvalue weighted by molar-refractivity contribution is 7.91. The third-order valence-electron chi connectivity index (χ3n) is 1.20. The molecule has 0 aliphatic rings. The Morgan fingerprint density at radius 1 is 1.62 bits per heavy atom. The first-order valence-electron chi connectivity index (χ1n) is 3.49. The summed E-state index contributed by atoms with van der Waals surface area (Å²) in [6.07, 6.45) is 0.984. The fraction of sp³-hybridized carbons (Fsp3) is 0.667. The van der Waals surface area contributed by atoms with E-state index in [1.54, 1.807) is 6.92 Å². The molecule has 1 amide bonds. The largest absolute Gasteiger partial charge is 0.392 e. The number of carbonyl (C=O) groups is 1. The highest BCUT2D eigenvalue weighted by Crippen LogP contribution is 1.86. The molecule has 5 nitrogen and oxygen atoms in total. The molecular formula is C6H12N2O3S2. The molecule has 1 atom stereocenters. The van der Waals surface area contributed by atoms with Crippen molar-refractivity contribution < 1.29 is 13.2 Å². The van der Waals surface area contributed by atoms with Gasteiger partial charge in [0.2, 0.25) is 5.91 Å². The molecule has 0 radical (unpaired) electrons. The van der Waals surface area contributed by atoms with Crippen molar-refractivity contribution in [2.45, 2.75) is 13.0 Å². The minimum absolute atomic E-state index is 0.127. The number of hydrogen-bond acceptors (Lipinski definition) is 4. The number of carbonyl (C=O) groups excluding carboxylic acids is 1. The normalized spacial score (nSPS) is 13.4. The fourth-order valence-corrected chi connectivity index (χ4v) is 1.21. The number of thiocarbonyl (C=S) groups is 1. The van der Waals surface area contributed by atoms with Crippen LogP contribution in [0.2, 0.25) is 0 Å². The van der Waals surface area contributed by atoms with E-state index in [-0.39, 0.29) is 4.99 Å². The van der Waals surface area contributed by atoms with Gasteiger partial charge in [-0.3, -0.25) is 4.79 Å². The molecule has 0 aliphatic heterocycles. The zero-order chi connectivity index (χ0) is 10.6. The lowest BCUT2D eigenvalue weighted by atomic mass is 10.3. The summed E-state index contributed by atoms with van der Waals surface area (Å²) in [5.41, 5.74) is 5.22. The van der Waals surface area contributed by atoms with E-state index in [1.165, 1.54) is 0 Å². The van der Waals surface area contributed by atoms with Crippen LogP contribution in [0.15, 0.2) is 0 Å². The van der Waals surface area contributed by atoms with Crippen molar-refractivity contribution in [1.82, 2.24) is 5.32 Å². The second-order valence-corrected chi connectivity index (χ2v) is 5.37. The molecule has 0 aromatic carbocycles. The van der Waals surface area contributed by atoms with Gasteiger partial charge in [-0.2, -0.15) is 0 Å². The minimum Gasteiger partial charge on any atom is -0.392 e. The van der Waals surface area contributed by atoms with Crippen molar-refractivity contribution in [2.24, 2.45) is 5.73 Å². The lowest BCUT2D eigenvalue weighted by Crippen LogP contribution is -2.43. The van der Waals surface area contributed by atoms with Crippen molar-refractivity contribution in [3.8, 4) is 0 Å². The molecule has 1 unspecified atom stereocenters. The monoisotopic (exact) mass is 224 g/mol. The second-order valence-electron chi connectivity index (χ2n) is 2.76. The molecule has 7 heteroatoms. The lowest BCUT2D eigenvalue weighted by molar-refractivity contribution is -0.118. The highest BCUT2D eigenvalue weighted by Gasteiger charge is 2.14. The second kappa shape index (κ2) is 4.52. The van der Waals surface area contributed by atoms with Crippen molar-refractivity contribution in [3.63, 3.8) is 0 Å². The molecule has 0 rings (SSSR count). The van der Waals surface area contributed by atoms with E-state index >= 15 is 0 Å². The highest BCUT2D eigenvalue weighted by atomic mass is 32.2. The molecule has 0 aromatic heterocycles. The van der Waals surface area contributed by atoms with Crippen LogP contribution in [-0.4, -0.2) is 37.4 Å². The van der Waals surface area contributed by atoms with E-state index in [0.717, 1.165) is 6.26 Å². The summed E-state index contributed by atoms with van der Waals surface area (Å²) in [4.78, 5) is 11.1. The van der Waals surface area contributed by atoms with E-state index in [1.807, 2.05) is 0 Å². The van der Waals surface area contributed by atoms with Crippen molar-refractivity contribution in [1.29, 1.82) is 0 Å². The maximum Gasteiger partial charge on any atom is 0.235 e. The van der Waals surface area contributed by atoms with Crippen LogP contribution in [0.5, 0.6) is 0 Å². The number of sulfone groups is 1. The van der Waals surface area contributed by atoms with Gasteiger partial charge in [0.15, 0.2) is 9.84 Å². The first kappa shape index (κ1) is 12.3. The Hall–Kier alpha value is -0.690. The summed E-state index contributed by atoms with van der Waals surface area (Å²) in [6.45, 7) is 1.59. The van der Waals surface area contributed by atoms with E-state index in [0.29, 0.717) is 0 Å². The van der Waals surface area contributed by atoms with E-state index in [4.69, 9.17) is 5.73 Å². The molecule has 0 saturated heterocycles. The van der Waals surface area contributed by atoms with Gasteiger partial charge < -0.3 is 11.1 Å². The van der Waals surface area contributed by atoms with Gasteiger partial charge >= 0.3 is 0 Å². The van der Waals surface area contributed by atoms with Gasteiger partial charge in [-0.05, 0) is 6.92 Å². The van der Waals surface area contributed by atoms with Crippen LogP contribution in [0.4, 0.5) is 0 Å². The maximum absolute atomic E-state index is 11.0. The van der Waals surface area contributed by atoms with Gasteiger partial charge in [-0.25, -0.2) is 8.42 Å². The summed E-state index contributed by atoms with van der Waals surface area (Å²) in [5.74, 6) is -1.14. The molecule has 0 heterocycles. The zero-order valence-electron chi connectivity index (χ0n) is 7.40. The number of hydrogen-bond donors (Lipinski definition) is 2. The molecular weight excluding hydrogens is 212 g/mol. The third-order valence-corrected chi connectivity index (χ3v) is 2.34. The van der Waals surface area contributed by atoms with E-state index in [9.17, 15) is 13.2 Å². The maximum atomic E-state index is 11.0. The third kappa shape index (κ3) is 6.47. The molecule has 3 N–H and O–H groups in total. The molecule has 0 fully saturated rings. The number of nitrogens with one attached hydrogen (secondary N) is 1.